The van der Waals surface area contributed by atoms with E-state index in [0.29, 0.717) is 46.6 Å². The van der Waals surface area contributed by atoms with Gasteiger partial charge in [-0.05, 0) is 70.7 Å². The minimum atomic E-state index is -0.644. The van der Waals surface area contributed by atoms with Crippen LogP contribution in [0.5, 0.6) is 11.5 Å². The van der Waals surface area contributed by atoms with Crippen LogP contribution in [0.4, 0.5) is 0 Å². The molecule has 36 heavy (non-hydrogen) atoms. The van der Waals surface area contributed by atoms with Crippen LogP contribution in [0.15, 0.2) is 54.8 Å². The molecule has 3 aliphatic rings. The van der Waals surface area contributed by atoms with Crippen molar-refractivity contribution in [2.45, 2.75) is 70.5 Å². The summed E-state index contributed by atoms with van der Waals surface area (Å²) in [5.41, 5.74) is 2.22. The van der Waals surface area contributed by atoms with Crippen molar-refractivity contribution in [3.8, 4) is 11.5 Å². The van der Waals surface area contributed by atoms with Gasteiger partial charge in [-0.25, -0.2) is 9.59 Å². The molecule has 184 valence electrons. The molecule has 2 aromatic carbocycles. The molecule has 0 radical (unpaired) electrons. The first kappa shape index (κ1) is 21.7. The molecule has 0 N–H and O–H groups in total. The molecule has 1 saturated carbocycles. The molecule has 2 aromatic heterocycles. The lowest BCUT2D eigenvalue weighted by Gasteiger charge is -2.56. The van der Waals surface area contributed by atoms with Crippen LogP contribution in [-0.4, -0.2) is 11.2 Å². The molecule has 0 spiro atoms. The van der Waals surface area contributed by atoms with Crippen LogP contribution in [0.2, 0.25) is 0 Å². The van der Waals surface area contributed by atoms with E-state index in [4.69, 9.17) is 18.3 Å². The number of rotatable bonds is 0. The van der Waals surface area contributed by atoms with Crippen molar-refractivity contribution in [2.75, 3.05) is 0 Å². The fourth-order valence-corrected chi connectivity index (χ4v) is 7.39. The predicted octanol–water partition coefficient (Wildman–Crippen LogP) is 6.12. The van der Waals surface area contributed by atoms with Gasteiger partial charge >= 0.3 is 11.3 Å². The molecule has 6 heteroatoms. The second kappa shape index (κ2) is 6.81. The van der Waals surface area contributed by atoms with Crippen LogP contribution < -0.4 is 20.7 Å². The quantitative estimate of drug-likeness (QED) is 0.280. The van der Waals surface area contributed by atoms with Gasteiger partial charge in [-0.15, -0.1) is 0 Å². The molecule has 4 aromatic rings. The fourth-order valence-electron chi connectivity index (χ4n) is 7.39. The Hall–Kier alpha value is -3.54. The van der Waals surface area contributed by atoms with Gasteiger partial charge in [0.2, 0.25) is 0 Å². The third-order valence-corrected chi connectivity index (χ3v) is 8.69. The molecule has 4 atom stereocenters. The molecule has 7 rings (SSSR count). The zero-order chi connectivity index (χ0) is 25.1. The van der Waals surface area contributed by atoms with Crippen LogP contribution in [0.1, 0.15) is 67.7 Å². The number of benzene rings is 2. The third kappa shape index (κ3) is 2.73. The number of hydrogen-bond donors (Lipinski definition) is 0. The van der Waals surface area contributed by atoms with Gasteiger partial charge in [-0.3, -0.25) is 0 Å². The predicted molar refractivity (Wildman–Crippen MR) is 136 cm³/mol. The molecule has 4 heterocycles. The van der Waals surface area contributed by atoms with Crippen LogP contribution >= 0.6 is 0 Å². The lowest BCUT2D eigenvalue weighted by molar-refractivity contribution is -0.0807. The van der Waals surface area contributed by atoms with Crippen molar-refractivity contribution in [3.05, 3.63) is 79.5 Å². The maximum atomic E-state index is 13.4. The average Bonchev–Trinajstić information content (AvgIpc) is 2.77. The summed E-state index contributed by atoms with van der Waals surface area (Å²) in [4.78, 5) is 26.9. The molecular formula is C30H28O6. The van der Waals surface area contributed by atoms with Gasteiger partial charge in [-0.1, -0.05) is 24.3 Å². The van der Waals surface area contributed by atoms with Gasteiger partial charge in [0, 0.05) is 17.8 Å². The molecule has 1 aliphatic carbocycles. The Labute approximate surface area is 207 Å². The summed E-state index contributed by atoms with van der Waals surface area (Å²) in [6.07, 6.45) is 1.28. The van der Waals surface area contributed by atoms with Crippen LogP contribution in [0, 0.1) is 19.8 Å². The minimum absolute atomic E-state index is 0.130. The van der Waals surface area contributed by atoms with Crippen molar-refractivity contribution in [3.63, 3.8) is 0 Å². The number of hydrogen-bond acceptors (Lipinski definition) is 6. The van der Waals surface area contributed by atoms with Gasteiger partial charge < -0.3 is 18.3 Å². The first-order valence-corrected chi connectivity index (χ1v) is 12.6. The minimum Gasteiger partial charge on any atom is -0.486 e. The largest absolute Gasteiger partial charge is 0.486 e. The maximum absolute atomic E-state index is 13.4. The normalized spacial score (nSPS) is 27.5. The fraction of sp³-hybridized carbons (Fsp3) is 0.400. The monoisotopic (exact) mass is 484 g/mol. The molecule has 0 unspecified atom stereocenters. The van der Waals surface area contributed by atoms with Gasteiger partial charge in [0.05, 0.1) is 21.9 Å². The van der Waals surface area contributed by atoms with E-state index in [1.165, 1.54) is 0 Å². The Morgan fingerprint density at radius 1 is 0.722 bits per heavy atom. The Bertz CT molecular complexity index is 1620. The van der Waals surface area contributed by atoms with E-state index in [1.54, 1.807) is 6.07 Å². The number of ether oxygens (including phenoxy) is 2. The van der Waals surface area contributed by atoms with E-state index >= 15 is 0 Å². The van der Waals surface area contributed by atoms with Crippen LogP contribution in [-0.2, 0) is 0 Å². The topological polar surface area (TPSA) is 78.9 Å². The summed E-state index contributed by atoms with van der Waals surface area (Å²) in [5.74, 6) is 0.727. The van der Waals surface area contributed by atoms with Crippen molar-refractivity contribution < 1.29 is 18.3 Å². The molecule has 2 bridgehead atoms. The second-order valence-corrected chi connectivity index (χ2v) is 11.6. The van der Waals surface area contributed by atoms with Gasteiger partial charge in [0.1, 0.15) is 33.9 Å². The zero-order valence-corrected chi connectivity index (χ0v) is 21.1. The standard InChI is InChI=1S/C30H28O6/c1-14-8-6-10-18-20(14)25-22(27(31)33-18)16-12-30(5)13-17(24(16)29(3,4)35-25)23-26(36-30)21-15(2)9-7-11-19(21)34-28(23)32/h6-11,16-17,24H,12-13H2,1-5H3/t16-,17-,24-,30+/m1/s1. The Balaban J connectivity index is 1.53. The Kier molecular flexibility index (Phi) is 4.11. The summed E-state index contributed by atoms with van der Waals surface area (Å²) >= 11 is 0. The Morgan fingerprint density at radius 3 is 1.69 bits per heavy atom. The molecule has 6 nitrogen and oxygen atoms in total. The highest BCUT2D eigenvalue weighted by Gasteiger charge is 2.59. The molecule has 2 aliphatic heterocycles. The summed E-state index contributed by atoms with van der Waals surface area (Å²) in [5, 5.41) is 1.68. The first-order valence-electron chi connectivity index (χ1n) is 12.6. The van der Waals surface area contributed by atoms with Crippen molar-refractivity contribution in [2.24, 2.45) is 5.92 Å². The van der Waals surface area contributed by atoms with E-state index < -0.39 is 11.2 Å². The van der Waals surface area contributed by atoms with Gasteiger partial charge in [0.15, 0.2) is 0 Å². The highest BCUT2D eigenvalue weighted by atomic mass is 16.5. The molecule has 0 amide bonds. The summed E-state index contributed by atoms with van der Waals surface area (Å²) < 4.78 is 25.1. The number of fused-ring (bicyclic) bond motifs is 12. The summed E-state index contributed by atoms with van der Waals surface area (Å²) in [7, 11) is 0. The highest BCUT2D eigenvalue weighted by Crippen LogP contribution is 2.62. The highest BCUT2D eigenvalue weighted by molar-refractivity contribution is 5.89. The van der Waals surface area contributed by atoms with E-state index in [9.17, 15) is 9.59 Å². The average molecular weight is 485 g/mol. The van der Waals surface area contributed by atoms with E-state index in [-0.39, 0.29) is 29.0 Å². The molecule has 1 fully saturated rings. The second-order valence-electron chi connectivity index (χ2n) is 11.6. The van der Waals surface area contributed by atoms with Gasteiger partial charge in [-0.2, -0.15) is 0 Å². The van der Waals surface area contributed by atoms with Crippen molar-refractivity contribution in [1.29, 1.82) is 0 Å². The third-order valence-electron chi connectivity index (χ3n) is 8.69. The van der Waals surface area contributed by atoms with Crippen molar-refractivity contribution >= 4 is 21.9 Å². The maximum Gasteiger partial charge on any atom is 0.343 e. The van der Waals surface area contributed by atoms with E-state index in [1.807, 2.05) is 44.2 Å². The molecule has 0 saturated heterocycles. The number of aryl methyl sites for hydroxylation is 2. The van der Waals surface area contributed by atoms with Gasteiger partial charge in [0.25, 0.3) is 0 Å². The smallest absolute Gasteiger partial charge is 0.343 e. The van der Waals surface area contributed by atoms with Crippen LogP contribution in [0.3, 0.4) is 0 Å². The first-order chi connectivity index (χ1) is 17.1. The summed E-state index contributed by atoms with van der Waals surface area (Å²) in [6.45, 7) is 10.2. The van der Waals surface area contributed by atoms with Crippen molar-refractivity contribution in [1.82, 2.24) is 0 Å². The van der Waals surface area contributed by atoms with E-state index in [2.05, 4.69) is 20.8 Å². The van der Waals surface area contributed by atoms with Crippen LogP contribution in [0.25, 0.3) is 21.9 Å². The summed E-state index contributed by atoms with van der Waals surface area (Å²) in [6, 6.07) is 11.4. The molecular weight excluding hydrogens is 456 g/mol. The lowest BCUT2D eigenvalue weighted by atomic mass is 9.56. The Morgan fingerprint density at radius 2 is 1.19 bits per heavy atom. The zero-order valence-electron chi connectivity index (χ0n) is 21.1. The van der Waals surface area contributed by atoms with E-state index in [0.717, 1.165) is 21.9 Å². The SMILES string of the molecule is Cc1cccc2oc(=O)c3c(c12)OC(C)(C)[C@@H]1[C@@H]3C[C@@]2(C)C[C@@H]1c1c(c3c(C)cccc3oc1=O)O2. The lowest BCUT2D eigenvalue weighted by Crippen LogP contribution is -2.58.